The molecule has 6 aliphatic carbocycles. The van der Waals surface area contributed by atoms with Crippen molar-refractivity contribution in [2.75, 3.05) is 13.2 Å². The van der Waals surface area contributed by atoms with E-state index < -0.39 is 0 Å². The number of nitrogens with two attached hydrogens (primary N) is 1. The van der Waals surface area contributed by atoms with Gasteiger partial charge in [-0.05, 0) is 23.7 Å². The van der Waals surface area contributed by atoms with E-state index in [1.165, 1.54) is 0 Å². The highest BCUT2D eigenvalue weighted by atomic mass is 79.9. The number of rotatable bonds is 0. The predicted molar refractivity (Wildman–Crippen MR) is 54.2 cm³/mol. The van der Waals surface area contributed by atoms with Crippen molar-refractivity contribution in [1.29, 1.82) is 0 Å². The summed E-state index contributed by atoms with van der Waals surface area (Å²) in [6.45, 7) is 1.54. The molecule has 0 aromatic rings. The van der Waals surface area contributed by atoms with Crippen LogP contribution in [0, 0.1) is 35.5 Å². The predicted octanol–water partition coefficient (Wildman–Crippen LogP) is 0.326. The first kappa shape index (κ1) is 7.64. The Morgan fingerprint density at radius 1 is 1.07 bits per heavy atom. The molecule has 1 aliphatic heterocycles. The summed E-state index contributed by atoms with van der Waals surface area (Å²) in [4.78, 5) is 0. The van der Waals surface area contributed by atoms with E-state index in [0.717, 1.165) is 31.0 Å². The van der Waals surface area contributed by atoms with Crippen LogP contribution in [0.1, 0.15) is 0 Å². The van der Waals surface area contributed by atoms with Crippen LogP contribution in [0.25, 0.3) is 0 Å². The first-order chi connectivity index (χ1) is 7.19. The standard InChI is InChI=1S/C11H12BrNO2/c12-10-5-3-4(5)9(13)7(8(9)10)6(3)11(10)14-1-2-15-11/h3-8H,1-2,13H2/t3-,4+,5+,6-,7+,8-,9+,10-/m0/s1. The van der Waals surface area contributed by atoms with Crippen molar-refractivity contribution in [3.63, 3.8) is 0 Å². The van der Waals surface area contributed by atoms with Gasteiger partial charge in [-0.15, -0.1) is 0 Å². The van der Waals surface area contributed by atoms with Crippen molar-refractivity contribution < 1.29 is 9.47 Å². The van der Waals surface area contributed by atoms with Gasteiger partial charge in [-0.3, -0.25) is 0 Å². The monoisotopic (exact) mass is 269 g/mol. The second-order valence-corrected chi connectivity index (χ2v) is 7.60. The molecule has 2 bridgehead atoms. The summed E-state index contributed by atoms with van der Waals surface area (Å²) in [6.07, 6.45) is 0. The molecule has 15 heavy (non-hydrogen) atoms. The van der Waals surface area contributed by atoms with Crippen molar-refractivity contribution in [3.05, 3.63) is 0 Å². The lowest BCUT2D eigenvalue weighted by molar-refractivity contribution is -0.191. The van der Waals surface area contributed by atoms with Gasteiger partial charge in [-0.25, -0.2) is 0 Å². The Bertz CT molecular complexity index is 436. The van der Waals surface area contributed by atoms with Crippen LogP contribution in [-0.4, -0.2) is 28.9 Å². The third kappa shape index (κ3) is 0.397. The summed E-state index contributed by atoms with van der Waals surface area (Å²) in [5.74, 6) is 4.08. The normalized spacial score (nSPS) is 82.0. The summed E-state index contributed by atoms with van der Waals surface area (Å²) in [7, 11) is 0. The van der Waals surface area contributed by atoms with Crippen LogP contribution in [0.5, 0.6) is 0 Å². The van der Waals surface area contributed by atoms with Crippen LogP contribution >= 0.6 is 15.9 Å². The third-order valence-corrected chi connectivity index (χ3v) is 8.02. The van der Waals surface area contributed by atoms with E-state index in [1.807, 2.05) is 0 Å². The lowest BCUT2D eigenvalue weighted by Gasteiger charge is -2.37. The maximum absolute atomic E-state index is 6.54. The largest absolute Gasteiger partial charge is 0.346 e. The van der Waals surface area contributed by atoms with Crippen LogP contribution in [0.15, 0.2) is 0 Å². The minimum Gasteiger partial charge on any atom is -0.346 e. The molecule has 7 fully saturated rings. The molecule has 80 valence electrons. The maximum atomic E-state index is 6.54. The fourth-order valence-corrected chi connectivity index (χ4v) is 8.24. The Kier molecular flexibility index (Phi) is 0.802. The number of halogens is 1. The average molecular weight is 270 g/mol. The molecule has 0 aromatic heterocycles. The Hall–Kier alpha value is 0.360. The first-order valence-electron chi connectivity index (χ1n) is 5.95. The van der Waals surface area contributed by atoms with Gasteiger partial charge in [0, 0.05) is 17.4 Å². The zero-order chi connectivity index (χ0) is 9.79. The highest BCUT2D eigenvalue weighted by molar-refractivity contribution is 9.10. The molecule has 0 amide bonds. The van der Waals surface area contributed by atoms with E-state index in [-0.39, 0.29) is 15.7 Å². The van der Waals surface area contributed by atoms with Gasteiger partial charge in [0.25, 0.3) is 0 Å². The van der Waals surface area contributed by atoms with Gasteiger partial charge >= 0.3 is 0 Å². The molecular weight excluding hydrogens is 258 g/mol. The summed E-state index contributed by atoms with van der Waals surface area (Å²) in [5, 5.41) is 0. The van der Waals surface area contributed by atoms with Crippen LogP contribution in [0.2, 0.25) is 0 Å². The van der Waals surface area contributed by atoms with E-state index in [9.17, 15) is 0 Å². The highest BCUT2D eigenvalue weighted by Crippen LogP contribution is 3.00. The van der Waals surface area contributed by atoms with E-state index >= 15 is 0 Å². The topological polar surface area (TPSA) is 44.5 Å². The van der Waals surface area contributed by atoms with Crippen LogP contribution in [0.3, 0.4) is 0 Å². The lowest BCUT2D eigenvalue weighted by Crippen LogP contribution is -2.51. The Labute approximate surface area is 95.8 Å². The van der Waals surface area contributed by atoms with Crippen LogP contribution in [0.4, 0.5) is 0 Å². The zero-order valence-corrected chi connectivity index (χ0v) is 9.74. The Morgan fingerprint density at radius 2 is 1.80 bits per heavy atom. The molecular formula is C11H12BrNO2. The molecule has 7 rings (SSSR count). The van der Waals surface area contributed by atoms with E-state index in [0.29, 0.717) is 17.8 Å². The molecule has 0 radical (unpaired) electrons. The van der Waals surface area contributed by atoms with Gasteiger partial charge in [-0.2, -0.15) is 0 Å². The molecule has 2 N–H and O–H groups in total. The lowest BCUT2D eigenvalue weighted by atomic mass is 9.97. The molecule has 6 saturated carbocycles. The minimum absolute atomic E-state index is 0.0932. The number of hydrogen-bond acceptors (Lipinski definition) is 3. The number of hydrogen-bond donors (Lipinski definition) is 1. The molecule has 7 aliphatic rings. The zero-order valence-electron chi connectivity index (χ0n) is 8.15. The smallest absolute Gasteiger partial charge is 0.187 e. The maximum Gasteiger partial charge on any atom is 0.187 e. The SMILES string of the molecule is N[C@]12[C@@H]3[C@@H]4[C@H]5[C@@H]1[C@@H]2[C@@](Br)([C@H]43)C51OCCO1. The van der Waals surface area contributed by atoms with E-state index in [2.05, 4.69) is 15.9 Å². The second-order valence-electron chi connectivity index (χ2n) is 6.29. The molecule has 0 aromatic carbocycles. The fourth-order valence-electron chi connectivity index (χ4n) is 6.48. The van der Waals surface area contributed by atoms with Gasteiger partial charge in [0.15, 0.2) is 5.79 Å². The third-order valence-electron chi connectivity index (χ3n) is 6.45. The summed E-state index contributed by atoms with van der Waals surface area (Å²) in [6, 6.07) is 0. The summed E-state index contributed by atoms with van der Waals surface area (Å²) in [5.41, 5.74) is 6.72. The number of ether oxygens (including phenoxy) is 2. The van der Waals surface area contributed by atoms with Gasteiger partial charge in [0.2, 0.25) is 0 Å². The van der Waals surface area contributed by atoms with E-state index in [1.54, 1.807) is 0 Å². The molecule has 1 heterocycles. The van der Waals surface area contributed by atoms with Crippen molar-refractivity contribution in [3.8, 4) is 0 Å². The number of alkyl halides is 1. The van der Waals surface area contributed by atoms with Gasteiger partial charge in [0.1, 0.15) is 0 Å². The molecule has 3 nitrogen and oxygen atoms in total. The van der Waals surface area contributed by atoms with E-state index in [4.69, 9.17) is 15.2 Å². The first-order valence-corrected chi connectivity index (χ1v) is 6.74. The minimum atomic E-state index is -0.270. The van der Waals surface area contributed by atoms with Gasteiger partial charge in [0.05, 0.1) is 17.5 Å². The highest BCUT2D eigenvalue weighted by Gasteiger charge is 3.08. The summed E-state index contributed by atoms with van der Waals surface area (Å²) < 4.78 is 12.1. The average Bonchev–Trinajstić information content (AvgIpc) is 2.86. The van der Waals surface area contributed by atoms with Crippen molar-refractivity contribution in [2.45, 2.75) is 15.7 Å². The quantitative estimate of drug-likeness (QED) is 0.645. The summed E-state index contributed by atoms with van der Waals surface area (Å²) >= 11 is 4.01. The Balaban J connectivity index is 1.68. The van der Waals surface area contributed by atoms with Gasteiger partial charge in [-0.1, -0.05) is 15.9 Å². The molecule has 4 heteroatoms. The second kappa shape index (κ2) is 1.57. The van der Waals surface area contributed by atoms with Gasteiger partial charge < -0.3 is 15.2 Å². The fraction of sp³-hybridized carbons (Fsp3) is 1.00. The van der Waals surface area contributed by atoms with Crippen LogP contribution < -0.4 is 5.73 Å². The molecule has 1 spiro atoms. The van der Waals surface area contributed by atoms with Crippen LogP contribution in [-0.2, 0) is 9.47 Å². The Morgan fingerprint density at radius 3 is 2.20 bits per heavy atom. The molecule has 1 saturated heterocycles. The van der Waals surface area contributed by atoms with Crippen molar-refractivity contribution in [1.82, 2.24) is 0 Å². The van der Waals surface area contributed by atoms with Crippen molar-refractivity contribution >= 4 is 15.9 Å². The molecule has 8 atom stereocenters. The van der Waals surface area contributed by atoms with Crippen molar-refractivity contribution in [2.24, 2.45) is 41.2 Å². The molecule has 0 unspecified atom stereocenters.